The van der Waals surface area contributed by atoms with Crippen LogP contribution in [0, 0.1) is 12.3 Å². The molecule has 1 aliphatic rings. The number of nitrogen functional groups attached to an aromatic ring is 1. The van der Waals surface area contributed by atoms with Crippen molar-refractivity contribution in [2.75, 3.05) is 37.7 Å². The van der Waals surface area contributed by atoms with Crippen LogP contribution < -0.4 is 11.1 Å². The highest BCUT2D eigenvalue weighted by Crippen LogP contribution is 2.31. The Morgan fingerprint density at radius 1 is 1.44 bits per heavy atom. The van der Waals surface area contributed by atoms with Gasteiger partial charge in [0, 0.05) is 12.7 Å². The van der Waals surface area contributed by atoms with Crippen LogP contribution in [0.3, 0.4) is 0 Å². The van der Waals surface area contributed by atoms with Gasteiger partial charge in [0.1, 0.15) is 5.82 Å². The first-order valence-corrected chi connectivity index (χ1v) is 6.63. The Balaban J connectivity index is 1.94. The van der Waals surface area contributed by atoms with Crippen LogP contribution in [0.4, 0.5) is 11.5 Å². The Hall–Kier alpha value is -1.29. The lowest BCUT2D eigenvalue weighted by Crippen LogP contribution is -2.40. The van der Waals surface area contributed by atoms with Crippen LogP contribution in [0.15, 0.2) is 12.3 Å². The Labute approximate surface area is 110 Å². The monoisotopic (exact) mass is 248 g/mol. The number of aryl methyl sites for hydroxylation is 1. The third kappa shape index (κ3) is 3.13. The molecule has 0 aromatic carbocycles. The van der Waals surface area contributed by atoms with Crippen LogP contribution in [-0.2, 0) is 0 Å². The van der Waals surface area contributed by atoms with Gasteiger partial charge in [-0.05, 0) is 56.9 Å². The van der Waals surface area contributed by atoms with Gasteiger partial charge in [-0.25, -0.2) is 4.98 Å². The zero-order chi connectivity index (χ0) is 13.2. The number of hydrogen-bond acceptors (Lipinski definition) is 4. The molecule has 0 saturated carbocycles. The Morgan fingerprint density at radius 2 is 2.11 bits per heavy atom. The van der Waals surface area contributed by atoms with Crippen molar-refractivity contribution in [2.24, 2.45) is 5.41 Å². The van der Waals surface area contributed by atoms with Gasteiger partial charge in [-0.2, -0.15) is 0 Å². The first-order valence-electron chi connectivity index (χ1n) is 6.63. The minimum absolute atomic E-state index is 0.353. The van der Waals surface area contributed by atoms with E-state index in [1.54, 1.807) is 0 Å². The summed E-state index contributed by atoms with van der Waals surface area (Å²) in [6.45, 7) is 7.65. The van der Waals surface area contributed by atoms with E-state index >= 15 is 0 Å². The minimum Gasteiger partial charge on any atom is -0.396 e. The molecule has 18 heavy (non-hydrogen) atoms. The van der Waals surface area contributed by atoms with E-state index in [4.69, 9.17) is 5.73 Å². The molecule has 0 radical (unpaired) electrons. The van der Waals surface area contributed by atoms with Crippen LogP contribution in [0.5, 0.6) is 0 Å². The van der Waals surface area contributed by atoms with Crippen molar-refractivity contribution in [2.45, 2.75) is 26.7 Å². The van der Waals surface area contributed by atoms with Gasteiger partial charge in [0.25, 0.3) is 0 Å². The summed E-state index contributed by atoms with van der Waals surface area (Å²) >= 11 is 0. The molecule has 4 heteroatoms. The SMILES string of the molecule is Cc1cnc(NCC2(C)CCN(C)CC2)c(N)c1. The van der Waals surface area contributed by atoms with Gasteiger partial charge in [0.05, 0.1) is 5.69 Å². The van der Waals surface area contributed by atoms with Crippen LogP contribution in [0.1, 0.15) is 25.3 Å². The third-order valence-electron chi connectivity index (χ3n) is 3.93. The van der Waals surface area contributed by atoms with E-state index in [0.29, 0.717) is 5.41 Å². The Morgan fingerprint density at radius 3 is 2.72 bits per heavy atom. The molecule has 0 aliphatic carbocycles. The van der Waals surface area contributed by atoms with Crippen molar-refractivity contribution >= 4 is 11.5 Å². The van der Waals surface area contributed by atoms with Crippen molar-refractivity contribution in [1.82, 2.24) is 9.88 Å². The van der Waals surface area contributed by atoms with Crippen molar-refractivity contribution in [3.63, 3.8) is 0 Å². The molecule has 2 heterocycles. The average Bonchev–Trinajstić information content (AvgIpc) is 2.32. The smallest absolute Gasteiger partial charge is 0.149 e. The second-order valence-corrected chi connectivity index (χ2v) is 5.92. The van der Waals surface area contributed by atoms with Gasteiger partial charge in [-0.1, -0.05) is 6.92 Å². The van der Waals surface area contributed by atoms with E-state index in [9.17, 15) is 0 Å². The molecule has 0 atom stereocenters. The number of likely N-dealkylation sites (tertiary alicyclic amines) is 1. The quantitative estimate of drug-likeness (QED) is 0.860. The number of pyridine rings is 1. The normalized spacial score (nSPS) is 19.7. The zero-order valence-electron chi connectivity index (χ0n) is 11.7. The summed E-state index contributed by atoms with van der Waals surface area (Å²) in [4.78, 5) is 6.75. The number of nitrogens with one attached hydrogen (secondary N) is 1. The Bertz CT molecular complexity index is 408. The van der Waals surface area contributed by atoms with Crippen LogP contribution in [0.25, 0.3) is 0 Å². The van der Waals surface area contributed by atoms with E-state index in [2.05, 4.69) is 29.2 Å². The molecule has 1 aliphatic heterocycles. The molecule has 0 unspecified atom stereocenters. The van der Waals surface area contributed by atoms with Crippen LogP contribution in [-0.4, -0.2) is 36.6 Å². The average molecular weight is 248 g/mol. The summed E-state index contributed by atoms with van der Waals surface area (Å²) in [5.74, 6) is 0.820. The second kappa shape index (κ2) is 5.14. The van der Waals surface area contributed by atoms with E-state index < -0.39 is 0 Å². The number of piperidine rings is 1. The molecule has 100 valence electrons. The predicted octanol–water partition coefficient (Wildman–Crippen LogP) is 2.12. The molecule has 1 saturated heterocycles. The van der Waals surface area contributed by atoms with Crippen molar-refractivity contribution in [1.29, 1.82) is 0 Å². The third-order valence-corrected chi connectivity index (χ3v) is 3.93. The van der Waals surface area contributed by atoms with Crippen molar-refractivity contribution in [3.8, 4) is 0 Å². The highest BCUT2D eigenvalue weighted by molar-refractivity contribution is 5.61. The van der Waals surface area contributed by atoms with Gasteiger partial charge in [0.2, 0.25) is 0 Å². The molecule has 0 bridgehead atoms. The molecule has 0 spiro atoms. The summed E-state index contributed by atoms with van der Waals surface area (Å²) in [6, 6.07) is 1.96. The summed E-state index contributed by atoms with van der Waals surface area (Å²) < 4.78 is 0. The van der Waals surface area contributed by atoms with Gasteiger partial charge in [0.15, 0.2) is 0 Å². The summed E-state index contributed by atoms with van der Waals surface area (Å²) in [5.41, 5.74) is 8.16. The van der Waals surface area contributed by atoms with Gasteiger partial charge in [-0.15, -0.1) is 0 Å². The number of hydrogen-bond donors (Lipinski definition) is 2. The molecule has 1 fully saturated rings. The highest BCUT2D eigenvalue weighted by Gasteiger charge is 2.28. The molecule has 4 nitrogen and oxygen atoms in total. The van der Waals surface area contributed by atoms with Gasteiger partial charge < -0.3 is 16.0 Å². The maximum atomic E-state index is 5.97. The number of aromatic nitrogens is 1. The number of nitrogens with zero attached hydrogens (tertiary/aromatic N) is 2. The summed E-state index contributed by atoms with van der Waals surface area (Å²) in [5, 5.41) is 3.41. The summed E-state index contributed by atoms with van der Waals surface area (Å²) in [7, 11) is 2.19. The minimum atomic E-state index is 0.353. The molecule has 0 amide bonds. The van der Waals surface area contributed by atoms with E-state index in [1.165, 1.54) is 25.9 Å². The molecule has 1 aromatic rings. The predicted molar refractivity (Wildman–Crippen MR) is 76.7 cm³/mol. The lowest BCUT2D eigenvalue weighted by Gasteiger charge is -2.38. The number of nitrogens with two attached hydrogens (primary N) is 1. The lowest BCUT2D eigenvalue weighted by atomic mass is 9.80. The van der Waals surface area contributed by atoms with Crippen LogP contribution >= 0.6 is 0 Å². The second-order valence-electron chi connectivity index (χ2n) is 5.92. The molecular formula is C14H24N4. The van der Waals surface area contributed by atoms with Crippen molar-refractivity contribution < 1.29 is 0 Å². The maximum absolute atomic E-state index is 5.97. The lowest BCUT2D eigenvalue weighted by molar-refractivity contribution is 0.150. The molecule has 2 rings (SSSR count). The zero-order valence-corrected chi connectivity index (χ0v) is 11.7. The summed E-state index contributed by atoms with van der Waals surface area (Å²) in [6.07, 6.45) is 4.31. The molecular weight excluding hydrogens is 224 g/mol. The first kappa shape index (κ1) is 13.1. The van der Waals surface area contributed by atoms with Crippen LogP contribution in [0.2, 0.25) is 0 Å². The topological polar surface area (TPSA) is 54.2 Å². The van der Waals surface area contributed by atoms with E-state index in [1.807, 2.05) is 19.2 Å². The Kier molecular flexibility index (Phi) is 3.76. The first-order chi connectivity index (χ1) is 8.48. The fourth-order valence-corrected chi connectivity index (χ4v) is 2.37. The highest BCUT2D eigenvalue weighted by atomic mass is 15.1. The fourth-order valence-electron chi connectivity index (χ4n) is 2.37. The standard InChI is InChI=1S/C14H24N4/c1-11-8-12(15)13(16-9-11)17-10-14(2)4-6-18(3)7-5-14/h8-9H,4-7,10,15H2,1-3H3,(H,16,17). The van der Waals surface area contributed by atoms with E-state index in [-0.39, 0.29) is 0 Å². The molecule has 3 N–H and O–H groups in total. The maximum Gasteiger partial charge on any atom is 0.149 e. The number of rotatable bonds is 3. The van der Waals surface area contributed by atoms with E-state index in [0.717, 1.165) is 23.6 Å². The number of anilines is 2. The fraction of sp³-hybridized carbons (Fsp3) is 0.643. The largest absolute Gasteiger partial charge is 0.396 e. The van der Waals surface area contributed by atoms with Gasteiger partial charge in [-0.3, -0.25) is 0 Å². The molecule has 1 aromatic heterocycles. The van der Waals surface area contributed by atoms with Gasteiger partial charge >= 0.3 is 0 Å². The van der Waals surface area contributed by atoms with Crippen molar-refractivity contribution in [3.05, 3.63) is 17.8 Å².